The summed E-state index contributed by atoms with van der Waals surface area (Å²) in [5.41, 5.74) is 7.25. The first kappa shape index (κ1) is 14.4. The molecule has 2 heterocycles. The Morgan fingerprint density at radius 3 is 3.05 bits per heavy atom. The molecule has 3 atom stereocenters. The third-order valence-corrected chi connectivity index (χ3v) is 4.33. The highest BCUT2D eigenvalue weighted by Crippen LogP contribution is 2.34. The molecule has 5 heteroatoms. The number of ether oxygens (including phenoxy) is 2. The van der Waals surface area contributed by atoms with Gasteiger partial charge in [-0.1, -0.05) is 12.1 Å². The first-order chi connectivity index (χ1) is 10.2. The van der Waals surface area contributed by atoms with Gasteiger partial charge in [0.25, 0.3) is 0 Å². The van der Waals surface area contributed by atoms with E-state index in [2.05, 4.69) is 0 Å². The molecular weight excluding hydrogens is 268 g/mol. The zero-order valence-corrected chi connectivity index (χ0v) is 12.3. The van der Waals surface area contributed by atoms with Crippen LogP contribution in [0.2, 0.25) is 0 Å². The molecule has 0 spiro atoms. The van der Waals surface area contributed by atoms with Gasteiger partial charge < -0.3 is 20.1 Å². The predicted octanol–water partition coefficient (Wildman–Crippen LogP) is 1.47. The van der Waals surface area contributed by atoms with Crippen molar-refractivity contribution in [2.75, 3.05) is 20.3 Å². The molecule has 3 rings (SSSR count). The number of benzene rings is 1. The number of hydrogen-bond donors (Lipinski definition) is 1. The molecule has 2 aliphatic rings. The first-order valence-electron chi connectivity index (χ1n) is 7.49. The lowest BCUT2D eigenvalue weighted by molar-refractivity contribution is -0.130. The number of nitrogens with zero attached hydrogens (tertiary/aromatic N) is 1. The molecule has 5 nitrogen and oxygen atoms in total. The Labute approximate surface area is 125 Å². The number of amides is 1. The van der Waals surface area contributed by atoms with Gasteiger partial charge in [0.05, 0.1) is 19.3 Å². The van der Waals surface area contributed by atoms with Gasteiger partial charge in [-0.25, -0.2) is 0 Å². The summed E-state index contributed by atoms with van der Waals surface area (Å²) < 4.78 is 10.9. The van der Waals surface area contributed by atoms with Crippen LogP contribution < -0.4 is 10.5 Å². The van der Waals surface area contributed by atoms with Gasteiger partial charge >= 0.3 is 0 Å². The van der Waals surface area contributed by atoms with Crippen LogP contribution >= 0.6 is 0 Å². The van der Waals surface area contributed by atoms with Crippen LogP contribution in [-0.2, 0) is 9.53 Å². The zero-order chi connectivity index (χ0) is 14.8. The van der Waals surface area contributed by atoms with Crippen LogP contribution in [0.4, 0.5) is 0 Å². The van der Waals surface area contributed by atoms with Crippen molar-refractivity contribution < 1.29 is 14.3 Å². The van der Waals surface area contributed by atoms with Gasteiger partial charge in [-0.2, -0.15) is 0 Å². The molecule has 0 aromatic heterocycles. The number of hydrogen-bond acceptors (Lipinski definition) is 4. The average molecular weight is 290 g/mol. The Kier molecular flexibility index (Phi) is 4.12. The van der Waals surface area contributed by atoms with Gasteiger partial charge in [-0.3, -0.25) is 4.79 Å². The van der Waals surface area contributed by atoms with Gasteiger partial charge in [-0.05, 0) is 30.5 Å². The topological polar surface area (TPSA) is 64.8 Å². The van der Waals surface area contributed by atoms with E-state index in [1.807, 2.05) is 29.2 Å². The molecule has 2 aliphatic heterocycles. The Hall–Kier alpha value is -1.59. The number of methoxy groups -OCH3 is 1. The van der Waals surface area contributed by atoms with E-state index in [9.17, 15) is 4.79 Å². The van der Waals surface area contributed by atoms with Gasteiger partial charge in [0, 0.05) is 25.6 Å². The summed E-state index contributed by atoms with van der Waals surface area (Å²) in [5.74, 6) is 0.905. The van der Waals surface area contributed by atoms with E-state index in [1.165, 1.54) is 0 Å². The van der Waals surface area contributed by atoms with Crippen LogP contribution in [0.15, 0.2) is 24.3 Å². The molecule has 1 amide bonds. The molecule has 1 aromatic carbocycles. The minimum absolute atomic E-state index is 0.0863. The molecule has 114 valence electrons. The lowest BCUT2D eigenvalue weighted by Crippen LogP contribution is -2.38. The molecule has 3 unspecified atom stereocenters. The fourth-order valence-corrected chi connectivity index (χ4v) is 3.29. The molecule has 1 aromatic rings. The summed E-state index contributed by atoms with van der Waals surface area (Å²) in [6, 6.07) is 7.55. The Balaban J connectivity index is 1.83. The minimum Gasteiger partial charge on any atom is -0.497 e. The van der Waals surface area contributed by atoms with Crippen molar-refractivity contribution in [1.82, 2.24) is 4.90 Å². The average Bonchev–Trinajstić information content (AvgIpc) is 3.08. The molecule has 0 radical (unpaired) electrons. The first-order valence-corrected chi connectivity index (χ1v) is 7.49. The van der Waals surface area contributed by atoms with Crippen molar-refractivity contribution in [3.8, 4) is 5.75 Å². The second kappa shape index (κ2) is 6.03. The standard InChI is InChI=1S/C16H22N2O3/c1-20-12-5-2-4-11(8-12)16-14(17)9-15(19)18(16)10-13-6-3-7-21-13/h2,4-5,8,13-14,16H,3,6-7,9-10,17H2,1H3. The third kappa shape index (κ3) is 2.89. The number of carbonyl (C=O) groups excluding carboxylic acids is 1. The van der Waals surface area contributed by atoms with Crippen molar-refractivity contribution in [3.63, 3.8) is 0 Å². The lowest BCUT2D eigenvalue weighted by atomic mass is 10.00. The molecule has 21 heavy (non-hydrogen) atoms. The van der Waals surface area contributed by atoms with Gasteiger partial charge in [0.15, 0.2) is 0 Å². The minimum atomic E-state index is -0.175. The summed E-state index contributed by atoms with van der Waals surface area (Å²) in [6.07, 6.45) is 2.63. The number of carbonyl (C=O) groups is 1. The molecule has 0 bridgehead atoms. The van der Waals surface area contributed by atoms with Crippen LogP contribution in [0.25, 0.3) is 0 Å². The van der Waals surface area contributed by atoms with E-state index in [4.69, 9.17) is 15.2 Å². The molecule has 0 saturated carbocycles. The van der Waals surface area contributed by atoms with E-state index < -0.39 is 0 Å². The summed E-state index contributed by atoms with van der Waals surface area (Å²) in [7, 11) is 1.64. The quantitative estimate of drug-likeness (QED) is 0.912. The summed E-state index contributed by atoms with van der Waals surface area (Å²) in [4.78, 5) is 14.2. The van der Waals surface area contributed by atoms with Crippen molar-refractivity contribution in [2.24, 2.45) is 5.73 Å². The van der Waals surface area contributed by atoms with E-state index >= 15 is 0 Å². The summed E-state index contributed by atoms with van der Waals surface area (Å²) in [6.45, 7) is 1.43. The number of likely N-dealkylation sites (tertiary alicyclic amines) is 1. The van der Waals surface area contributed by atoms with Crippen LogP contribution in [0, 0.1) is 0 Å². The van der Waals surface area contributed by atoms with E-state index in [0.717, 1.165) is 30.8 Å². The Morgan fingerprint density at radius 2 is 2.33 bits per heavy atom. The van der Waals surface area contributed by atoms with Crippen LogP contribution in [0.3, 0.4) is 0 Å². The van der Waals surface area contributed by atoms with Crippen LogP contribution in [-0.4, -0.2) is 43.2 Å². The molecule has 0 aliphatic carbocycles. The predicted molar refractivity (Wildman–Crippen MR) is 79.0 cm³/mol. The van der Waals surface area contributed by atoms with Crippen LogP contribution in [0.1, 0.15) is 30.9 Å². The van der Waals surface area contributed by atoms with E-state index in [0.29, 0.717) is 13.0 Å². The summed E-state index contributed by atoms with van der Waals surface area (Å²) >= 11 is 0. The highest BCUT2D eigenvalue weighted by molar-refractivity contribution is 5.80. The van der Waals surface area contributed by atoms with Crippen LogP contribution in [0.5, 0.6) is 5.75 Å². The molecule has 2 fully saturated rings. The monoisotopic (exact) mass is 290 g/mol. The maximum Gasteiger partial charge on any atom is 0.224 e. The third-order valence-electron chi connectivity index (χ3n) is 4.33. The van der Waals surface area contributed by atoms with E-state index in [1.54, 1.807) is 7.11 Å². The van der Waals surface area contributed by atoms with Crippen molar-refractivity contribution in [1.29, 1.82) is 0 Å². The smallest absolute Gasteiger partial charge is 0.224 e. The molecule has 2 saturated heterocycles. The zero-order valence-electron chi connectivity index (χ0n) is 12.3. The highest BCUT2D eigenvalue weighted by Gasteiger charge is 2.40. The normalized spacial score (nSPS) is 29.1. The fourth-order valence-electron chi connectivity index (χ4n) is 3.29. The Morgan fingerprint density at radius 1 is 1.48 bits per heavy atom. The highest BCUT2D eigenvalue weighted by atomic mass is 16.5. The number of nitrogens with two attached hydrogens (primary N) is 1. The largest absolute Gasteiger partial charge is 0.497 e. The lowest BCUT2D eigenvalue weighted by Gasteiger charge is -2.29. The van der Waals surface area contributed by atoms with E-state index in [-0.39, 0.29) is 24.1 Å². The van der Waals surface area contributed by atoms with Gasteiger partial charge in [0.1, 0.15) is 5.75 Å². The maximum atomic E-state index is 12.3. The SMILES string of the molecule is COc1cccc(C2C(N)CC(=O)N2CC2CCCO2)c1. The summed E-state index contributed by atoms with van der Waals surface area (Å²) in [5, 5.41) is 0. The maximum absolute atomic E-state index is 12.3. The number of rotatable bonds is 4. The van der Waals surface area contributed by atoms with Crippen molar-refractivity contribution >= 4 is 5.91 Å². The van der Waals surface area contributed by atoms with Crippen molar-refractivity contribution in [3.05, 3.63) is 29.8 Å². The molecule has 2 N–H and O–H groups in total. The fraction of sp³-hybridized carbons (Fsp3) is 0.562. The van der Waals surface area contributed by atoms with Gasteiger partial charge in [-0.15, -0.1) is 0 Å². The second-order valence-electron chi connectivity index (χ2n) is 5.77. The van der Waals surface area contributed by atoms with Gasteiger partial charge in [0.2, 0.25) is 5.91 Å². The Bertz CT molecular complexity index is 514. The molecular formula is C16H22N2O3. The van der Waals surface area contributed by atoms with Crippen molar-refractivity contribution in [2.45, 2.75) is 37.5 Å². The second-order valence-corrected chi connectivity index (χ2v) is 5.77.